The van der Waals surface area contributed by atoms with E-state index in [2.05, 4.69) is 27.4 Å². The average Bonchev–Trinajstić information content (AvgIpc) is 3.02. The number of halogens is 2. The van der Waals surface area contributed by atoms with Crippen molar-refractivity contribution in [3.63, 3.8) is 0 Å². The standard InChI is InChI=1S/C15H19N5O2.2ClH/c1-11-10-20(9-8-17-11)14(21)3-2-13-18-15(19-22-13)12-4-6-16-7-5-12;;/h4-7,11,17H,2-3,8-10H2,1H3;2*1H. The van der Waals surface area contributed by atoms with E-state index in [1.165, 1.54) is 0 Å². The number of rotatable bonds is 4. The van der Waals surface area contributed by atoms with Crippen LogP contribution in [-0.4, -0.2) is 51.6 Å². The lowest BCUT2D eigenvalue weighted by molar-refractivity contribution is -0.132. The summed E-state index contributed by atoms with van der Waals surface area (Å²) in [5.41, 5.74) is 0.854. The molecule has 9 heteroatoms. The summed E-state index contributed by atoms with van der Waals surface area (Å²) in [6.07, 6.45) is 4.22. The normalized spacial score (nSPS) is 16.9. The third-order valence-corrected chi connectivity index (χ3v) is 3.68. The molecule has 1 unspecified atom stereocenters. The molecular formula is C15H21Cl2N5O2. The highest BCUT2D eigenvalue weighted by atomic mass is 35.5. The monoisotopic (exact) mass is 373 g/mol. The first-order valence-corrected chi connectivity index (χ1v) is 7.46. The molecular weight excluding hydrogens is 353 g/mol. The van der Waals surface area contributed by atoms with Gasteiger partial charge in [-0.25, -0.2) is 0 Å². The summed E-state index contributed by atoms with van der Waals surface area (Å²) in [5, 5.41) is 7.26. The number of aryl methyl sites for hydroxylation is 1. The second-order valence-electron chi connectivity index (χ2n) is 5.44. The SMILES string of the molecule is CC1CN(C(=O)CCc2nc(-c3ccncc3)no2)CCN1.Cl.Cl. The fourth-order valence-electron chi connectivity index (χ4n) is 2.51. The molecule has 1 fully saturated rings. The molecule has 7 nitrogen and oxygen atoms in total. The van der Waals surface area contributed by atoms with E-state index >= 15 is 0 Å². The number of carbonyl (C=O) groups is 1. The molecule has 1 amide bonds. The van der Waals surface area contributed by atoms with Crippen LogP contribution in [0, 0.1) is 0 Å². The summed E-state index contributed by atoms with van der Waals surface area (Å²) in [5.74, 6) is 1.15. The number of nitrogens with one attached hydrogen (secondary N) is 1. The van der Waals surface area contributed by atoms with E-state index in [0.717, 1.165) is 25.2 Å². The van der Waals surface area contributed by atoms with Crippen LogP contribution >= 0.6 is 24.8 Å². The van der Waals surface area contributed by atoms with Crippen LogP contribution in [0.1, 0.15) is 19.2 Å². The highest BCUT2D eigenvalue weighted by Crippen LogP contribution is 2.15. The van der Waals surface area contributed by atoms with Crippen LogP contribution in [0.3, 0.4) is 0 Å². The number of carbonyl (C=O) groups excluding carboxylic acids is 1. The van der Waals surface area contributed by atoms with E-state index < -0.39 is 0 Å². The van der Waals surface area contributed by atoms with Gasteiger partial charge in [-0.1, -0.05) is 5.16 Å². The zero-order valence-corrected chi connectivity index (χ0v) is 15.0. The van der Waals surface area contributed by atoms with Gasteiger partial charge in [0.05, 0.1) is 0 Å². The van der Waals surface area contributed by atoms with Gasteiger partial charge in [0.1, 0.15) is 0 Å². The van der Waals surface area contributed by atoms with Crippen molar-refractivity contribution in [3.8, 4) is 11.4 Å². The number of hydrogen-bond acceptors (Lipinski definition) is 6. The Morgan fingerprint density at radius 2 is 2.12 bits per heavy atom. The quantitative estimate of drug-likeness (QED) is 0.878. The van der Waals surface area contributed by atoms with Crippen LogP contribution in [0.15, 0.2) is 29.0 Å². The number of piperazine rings is 1. The third-order valence-electron chi connectivity index (χ3n) is 3.68. The molecule has 0 bridgehead atoms. The maximum Gasteiger partial charge on any atom is 0.227 e. The topological polar surface area (TPSA) is 84.2 Å². The van der Waals surface area contributed by atoms with E-state index in [4.69, 9.17) is 4.52 Å². The van der Waals surface area contributed by atoms with Gasteiger partial charge in [-0.05, 0) is 19.1 Å². The van der Waals surface area contributed by atoms with Crippen molar-refractivity contribution < 1.29 is 9.32 Å². The predicted octanol–water partition coefficient (Wildman–Crippen LogP) is 1.73. The zero-order chi connectivity index (χ0) is 15.4. The van der Waals surface area contributed by atoms with E-state index in [-0.39, 0.29) is 30.7 Å². The Balaban J connectivity index is 0.00000144. The van der Waals surface area contributed by atoms with Crippen molar-refractivity contribution in [1.29, 1.82) is 0 Å². The molecule has 3 rings (SSSR count). The van der Waals surface area contributed by atoms with E-state index in [9.17, 15) is 4.79 Å². The molecule has 1 aliphatic heterocycles. The van der Waals surface area contributed by atoms with Crippen molar-refractivity contribution >= 4 is 30.7 Å². The fourth-order valence-corrected chi connectivity index (χ4v) is 2.51. The lowest BCUT2D eigenvalue weighted by Crippen LogP contribution is -2.51. The lowest BCUT2D eigenvalue weighted by atomic mass is 10.2. The second-order valence-corrected chi connectivity index (χ2v) is 5.44. The van der Waals surface area contributed by atoms with Gasteiger partial charge < -0.3 is 14.7 Å². The van der Waals surface area contributed by atoms with Crippen molar-refractivity contribution in [2.75, 3.05) is 19.6 Å². The molecule has 1 N–H and O–H groups in total. The van der Waals surface area contributed by atoms with Crippen LogP contribution in [0.4, 0.5) is 0 Å². The zero-order valence-electron chi connectivity index (χ0n) is 13.3. The van der Waals surface area contributed by atoms with Gasteiger partial charge in [0.2, 0.25) is 17.6 Å². The molecule has 0 aromatic carbocycles. The Morgan fingerprint density at radius 1 is 1.38 bits per heavy atom. The number of nitrogens with zero attached hydrogens (tertiary/aromatic N) is 4. The summed E-state index contributed by atoms with van der Waals surface area (Å²) in [6.45, 7) is 4.44. The van der Waals surface area contributed by atoms with Crippen LogP contribution in [0.5, 0.6) is 0 Å². The first-order chi connectivity index (χ1) is 10.7. The molecule has 3 heterocycles. The number of amides is 1. The van der Waals surface area contributed by atoms with Gasteiger partial charge >= 0.3 is 0 Å². The molecule has 2 aromatic heterocycles. The predicted molar refractivity (Wildman–Crippen MR) is 94.4 cm³/mol. The molecule has 2 aromatic rings. The molecule has 0 saturated carbocycles. The van der Waals surface area contributed by atoms with Crippen LogP contribution in [0.2, 0.25) is 0 Å². The molecule has 132 valence electrons. The summed E-state index contributed by atoms with van der Waals surface area (Å²) in [4.78, 5) is 22.4. The Morgan fingerprint density at radius 3 is 2.83 bits per heavy atom. The lowest BCUT2D eigenvalue weighted by Gasteiger charge is -2.31. The Bertz CT molecular complexity index is 638. The van der Waals surface area contributed by atoms with E-state index in [0.29, 0.717) is 30.6 Å². The fraction of sp³-hybridized carbons (Fsp3) is 0.467. The summed E-state index contributed by atoms with van der Waals surface area (Å²) in [6, 6.07) is 3.99. The van der Waals surface area contributed by atoms with Crippen molar-refractivity contribution in [2.45, 2.75) is 25.8 Å². The molecule has 0 aliphatic carbocycles. The first-order valence-electron chi connectivity index (χ1n) is 7.46. The highest BCUT2D eigenvalue weighted by Gasteiger charge is 2.20. The van der Waals surface area contributed by atoms with Crippen LogP contribution in [-0.2, 0) is 11.2 Å². The number of aromatic nitrogens is 3. The maximum absolute atomic E-state index is 12.2. The van der Waals surface area contributed by atoms with E-state index in [1.807, 2.05) is 17.0 Å². The van der Waals surface area contributed by atoms with Gasteiger partial charge in [-0.3, -0.25) is 9.78 Å². The van der Waals surface area contributed by atoms with Gasteiger partial charge in [-0.15, -0.1) is 24.8 Å². The molecule has 0 spiro atoms. The van der Waals surface area contributed by atoms with Gasteiger partial charge in [0, 0.05) is 56.5 Å². The third kappa shape index (κ3) is 5.15. The summed E-state index contributed by atoms with van der Waals surface area (Å²) in [7, 11) is 0. The van der Waals surface area contributed by atoms with Crippen LogP contribution < -0.4 is 5.32 Å². The maximum atomic E-state index is 12.2. The summed E-state index contributed by atoms with van der Waals surface area (Å²) < 4.78 is 5.21. The largest absolute Gasteiger partial charge is 0.340 e. The smallest absolute Gasteiger partial charge is 0.227 e. The minimum Gasteiger partial charge on any atom is -0.340 e. The average molecular weight is 374 g/mol. The van der Waals surface area contributed by atoms with Crippen molar-refractivity contribution in [1.82, 2.24) is 25.3 Å². The van der Waals surface area contributed by atoms with Gasteiger partial charge in [0.15, 0.2) is 0 Å². The van der Waals surface area contributed by atoms with Crippen molar-refractivity contribution in [2.24, 2.45) is 0 Å². The Kier molecular flexibility index (Phi) is 8.10. The molecule has 24 heavy (non-hydrogen) atoms. The first kappa shape index (κ1) is 20.3. The minimum absolute atomic E-state index is 0. The highest BCUT2D eigenvalue weighted by molar-refractivity contribution is 5.85. The second kappa shape index (κ2) is 9.56. The number of hydrogen-bond donors (Lipinski definition) is 1. The Hall–Kier alpha value is -1.70. The van der Waals surface area contributed by atoms with Crippen LogP contribution in [0.25, 0.3) is 11.4 Å². The van der Waals surface area contributed by atoms with Gasteiger partial charge in [-0.2, -0.15) is 4.98 Å². The molecule has 1 saturated heterocycles. The van der Waals surface area contributed by atoms with Gasteiger partial charge in [0.25, 0.3) is 0 Å². The molecule has 1 aliphatic rings. The van der Waals surface area contributed by atoms with Crippen molar-refractivity contribution in [3.05, 3.63) is 30.4 Å². The molecule has 0 radical (unpaired) electrons. The molecule has 1 atom stereocenters. The number of pyridine rings is 1. The van der Waals surface area contributed by atoms with E-state index in [1.54, 1.807) is 12.4 Å². The Labute approximate surface area is 153 Å². The minimum atomic E-state index is 0. The summed E-state index contributed by atoms with van der Waals surface area (Å²) >= 11 is 0.